The van der Waals surface area contributed by atoms with E-state index in [1.165, 1.54) is 0 Å². The van der Waals surface area contributed by atoms with Crippen LogP contribution in [-0.4, -0.2) is 12.4 Å². The second-order valence-electron chi connectivity index (χ2n) is 3.80. The van der Waals surface area contributed by atoms with E-state index in [0.29, 0.717) is 18.8 Å². The number of carbonyl (C=O) groups is 1. The molecule has 2 nitrogen and oxygen atoms in total. The quantitative estimate of drug-likeness (QED) is 0.679. The van der Waals surface area contributed by atoms with Gasteiger partial charge in [0.15, 0.2) is 0 Å². The van der Waals surface area contributed by atoms with Gasteiger partial charge in [0, 0.05) is 12.3 Å². The number of Topliss-reactive ketones (excluding diaryl/α,β-unsaturated/α-hetero) is 1. The van der Waals surface area contributed by atoms with Crippen molar-refractivity contribution in [1.29, 1.82) is 0 Å². The molecule has 0 amide bonds. The smallest absolute Gasteiger partial charge is 0.140 e. The fourth-order valence-corrected chi connectivity index (χ4v) is 1.68. The summed E-state index contributed by atoms with van der Waals surface area (Å²) in [6.45, 7) is 2.47. The molecular weight excluding hydrogens is 176 g/mol. The molecule has 1 aliphatic heterocycles. The van der Waals surface area contributed by atoms with Gasteiger partial charge in [-0.25, -0.2) is 0 Å². The van der Waals surface area contributed by atoms with Gasteiger partial charge in [-0.3, -0.25) is 4.79 Å². The molecule has 1 saturated heterocycles. The minimum Gasteiger partial charge on any atom is -0.372 e. The van der Waals surface area contributed by atoms with Crippen molar-refractivity contribution in [2.75, 3.05) is 6.61 Å². The van der Waals surface area contributed by atoms with E-state index in [2.05, 4.69) is 0 Å². The van der Waals surface area contributed by atoms with Gasteiger partial charge in [-0.2, -0.15) is 0 Å². The molecule has 14 heavy (non-hydrogen) atoms. The number of ether oxygens (including phenoxy) is 1. The van der Waals surface area contributed by atoms with Crippen molar-refractivity contribution in [3.05, 3.63) is 35.9 Å². The van der Waals surface area contributed by atoms with Crippen molar-refractivity contribution >= 4 is 5.78 Å². The summed E-state index contributed by atoms with van der Waals surface area (Å²) < 4.78 is 5.63. The summed E-state index contributed by atoms with van der Waals surface area (Å²) in [7, 11) is 0. The summed E-state index contributed by atoms with van der Waals surface area (Å²) >= 11 is 0. The molecule has 2 heteroatoms. The van der Waals surface area contributed by atoms with Crippen LogP contribution in [0.25, 0.3) is 0 Å². The standard InChI is InChI=1S/C12H14O2/c1-9-8-14-12(7-11(9)13)10-5-3-2-4-6-10/h2-6,9,12H,7-8H2,1H3/t9-,12+/m0/s1. The Bertz CT molecular complexity index is 318. The van der Waals surface area contributed by atoms with Crippen molar-refractivity contribution in [3.8, 4) is 0 Å². The van der Waals surface area contributed by atoms with Gasteiger partial charge in [-0.15, -0.1) is 0 Å². The van der Waals surface area contributed by atoms with Crippen LogP contribution in [-0.2, 0) is 9.53 Å². The number of hydrogen-bond donors (Lipinski definition) is 0. The first kappa shape index (κ1) is 9.41. The van der Waals surface area contributed by atoms with Gasteiger partial charge in [-0.1, -0.05) is 37.3 Å². The molecule has 0 aliphatic carbocycles. The molecule has 1 aliphatic rings. The zero-order chi connectivity index (χ0) is 9.97. The van der Waals surface area contributed by atoms with Gasteiger partial charge in [-0.05, 0) is 5.56 Å². The van der Waals surface area contributed by atoms with E-state index in [9.17, 15) is 4.79 Å². The van der Waals surface area contributed by atoms with Crippen LogP contribution in [0.2, 0.25) is 0 Å². The van der Waals surface area contributed by atoms with Crippen LogP contribution in [0, 0.1) is 5.92 Å². The first-order valence-electron chi connectivity index (χ1n) is 4.96. The first-order valence-corrected chi connectivity index (χ1v) is 4.96. The predicted octanol–water partition coefficient (Wildman–Crippen LogP) is 2.35. The summed E-state index contributed by atoms with van der Waals surface area (Å²) in [5.74, 6) is 0.375. The highest BCUT2D eigenvalue weighted by Gasteiger charge is 2.26. The number of benzene rings is 1. The monoisotopic (exact) mass is 190 g/mol. The Hall–Kier alpha value is -1.15. The van der Waals surface area contributed by atoms with Crippen LogP contribution in [0.15, 0.2) is 30.3 Å². The number of rotatable bonds is 1. The van der Waals surface area contributed by atoms with Crippen LogP contribution >= 0.6 is 0 Å². The van der Waals surface area contributed by atoms with E-state index in [-0.39, 0.29) is 12.0 Å². The van der Waals surface area contributed by atoms with E-state index in [1.807, 2.05) is 37.3 Å². The van der Waals surface area contributed by atoms with Crippen LogP contribution < -0.4 is 0 Å². The normalized spacial score (nSPS) is 27.6. The third-order valence-electron chi connectivity index (χ3n) is 2.65. The van der Waals surface area contributed by atoms with E-state index in [0.717, 1.165) is 5.56 Å². The van der Waals surface area contributed by atoms with E-state index in [4.69, 9.17) is 4.74 Å². The lowest BCUT2D eigenvalue weighted by atomic mass is 9.95. The second kappa shape index (κ2) is 3.93. The highest BCUT2D eigenvalue weighted by Crippen LogP contribution is 2.27. The summed E-state index contributed by atoms with van der Waals surface area (Å²) in [5, 5.41) is 0. The van der Waals surface area contributed by atoms with Crippen molar-refractivity contribution in [2.24, 2.45) is 5.92 Å². The predicted molar refractivity (Wildman–Crippen MR) is 53.9 cm³/mol. The molecule has 1 heterocycles. The molecule has 1 aromatic rings. The maximum absolute atomic E-state index is 11.5. The topological polar surface area (TPSA) is 26.3 Å². The molecular formula is C12H14O2. The third kappa shape index (κ3) is 1.85. The minimum absolute atomic E-state index is 0.0279. The van der Waals surface area contributed by atoms with Crippen molar-refractivity contribution < 1.29 is 9.53 Å². The van der Waals surface area contributed by atoms with Crippen molar-refractivity contribution in [3.63, 3.8) is 0 Å². The zero-order valence-corrected chi connectivity index (χ0v) is 8.27. The summed E-state index contributed by atoms with van der Waals surface area (Å²) in [6, 6.07) is 9.93. The fraction of sp³-hybridized carbons (Fsp3) is 0.417. The molecule has 0 N–H and O–H groups in total. The molecule has 0 spiro atoms. The number of carbonyl (C=O) groups excluding carboxylic acids is 1. The van der Waals surface area contributed by atoms with Gasteiger partial charge in [0.25, 0.3) is 0 Å². The SMILES string of the molecule is C[C@H]1CO[C@@H](c2ccccc2)CC1=O. The zero-order valence-electron chi connectivity index (χ0n) is 8.27. The van der Waals surface area contributed by atoms with Crippen molar-refractivity contribution in [1.82, 2.24) is 0 Å². The molecule has 0 unspecified atom stereocenters. The Kier molecular flexibility index (Phi) is 2.64. The van der Waals surface area contributed by atoms with Gasteiger partial charge in [0.1, 0.15) is 5.78 Å². The van der Waals surface area contributed by atoms with Crippen molar-refractivity contribution in [2.45, 2.75) is 19.4 Å². The molecule has 0 bridgehead atoms. The van der Waals surface area contributed by atoms with Crippen LogP contribution in [0.1, 0.15) is 25.0 Å². The van der Waals surface area contributed by atoms with E-state index in [1.54, 1.807) is 0 Å². The van der Waals surface area contributed by atoms with E-state index < -0.39 is 0 Å². The molecule has 1 fully saturated rings. The molecule has 2 atom stereocenters. The fourth-order valence-electron chi connectivity index (χ4n) is 1.68. The summed E-state index contributed by atoms with van der Waals surface area (Å²) in [5.41, 5.74) is 1.10. The summed E-state index contributed by atoms with van der Waals surface area (Å²) in [6.07, 6.45) is 0.491. The third-order valence-corrected chi connectivity index (χ3v) is 2.65. The molecule has 0 radical (unpaired) electrons. The second-order valence-corrected chi connectivity index (χ2v) is 3.80. The maximum Gasteiger partial charge on any atom is 0.140 e. The lowest BCUT2D eigenvalue weighted by Crippen LogP contribution is -2.27. The Morgan fingerprint density at radius 1 is 1.29 bits per heavy atom. The maximum atomic E-state index is 11.5. The molecule has 1 aromatic carbocycles. The van der Waals surface area contributed by atoms with Crippen LogP contribution in [0.4, 0.5) is 0 Å². The molecule has 74 valence electrons. The molecule has 0 aromatic heterocycles. The molecule has 2 rings (SSSR count). The molecule has 0 saturated carbocycles. The first-order chi connectivity index (χ1) is 6.77. The average Bonchev–Trinajstić information content (AvgIpc) is 2.23. The highest BCUT2D eigenvalue weighted by molar-refractivity contribution is 5.82. The average molecular weight is 190 g/mol. The summed E-state index contributed by atoms with van der Waals surface area (Å²) in [4.78, 5) is 11.5. The highest BCUT2D eigenvalue weighted by atomic mass is 16.5. The van der Waals surface area contributed by atoms with Gasteiger partial charge in [0.2, 0.25) is 0 Å². The number of ketones is 1. The van der Waals surface area contributed by atoms with Crippen LogP contribution in [0.3, 0.4) is 0 Å². The lowest BCUT2D eigenvalue weighted by Gasteiger charge is -2.26. The Balaban J connectivity index is 2.11. The van der Waals surface area contributed by atoms with Crippen LogP contribution in [0.5, 0.6) is 0 Å². The Labute approximate surface area is 83.9 Å². The lowest BCUT2D eigenvalue weighted by molar-refractivity contribution is -0.134. The van der Waals surface area contributed by atoms with Gasteiger partial charge in [0.05, 0.1) is 12.7 Å². The van der Waals surface area contributed by atoms with Gasteiger partial charge >= 0.3 is 0 Å². The van der Waals surface area contributed by atoms with E-state index >= 15 is 0 Å². The minimum atomic E-state index is -0.0279. The largest absolute Gasteiger partial charge is 0.372 e. The number of hydrogen-bond acceptors (Lipinski definition) is 2. The Morgan fingerprint density at radius 3 is 2.64 bits per heavy atom. The van der Waals surface area contributed by atoms with Gasteiger partial charge < -0.3 is 4.74 Å². The Morgan fingerprint density at radius 2 is 2.00 bits per heavy atom.